The molecule has 5 heteroatoms. The highest BCUT2D eigenvalue weighted by atomic mass is 32.1. The summed E-state index contributed by atoms with van der Waals surface area (Å²) in [6, 6.07) is 3.85. The quantitative estimate of drug-likeness (QED) is 0.824. The van der Waals surface area contributed by atoms with Gasteiger partial charge in [-0.05, 0) is 12.5 Å². The summed E-state index contributed by atoms with van der Waals surface area (Å²) in [7, 11) is 0. The molecule has 1 aliphatic rings. The van der Waals surface area contributed by atoms with Crippen molar-refractivity contribution in [2.24, 2.45) is 0 Å². The molecular formula is C14H16N2O2S. The van der Waals surface area contributed by atoms with Gasteiger partial charge in [0, 0.05) is 18.7 Å². The second-order valence-electron chi connectivity index (χ2n) is 4.43. The van der Waals surface area contributed by atoms with E-state index in [1.807, 2.05) is 30.0 Å². The highest BCUT2D eigenvalue weighted by molar-refractivity contribution is 7.10. The van der Waals surface area contributed by atoms with E-state index in [1.165, 1.54) is 0 Å². The number of hydrogen-bond acceptors (Lipinski definition) is 5. The fraction of sp³-hybridized carbons (Fsp3) is 0.357. The molecule has 0 radical (unpaired) electrons. The summed E-state index contributed by atoms with van der Waals surface area (Å²) in [5.41, 5.74) is 1.82. The van der Waals surface area contributed by atoms with Crippen LogP contribution in [0, 0.1) is 0 Å². The maximum Gasteiger partial charge on any atom is 0.202 e. The molecule has 0 fully saturated rings. The third-order valence-electron chi connectivity index (χ3n) is 3.07. The van der Waals surface area contributed by atoms with Crippen LogP contribution in [0.3, 0.4) is 0 Å². The molecule has 1 atom stereocenters. The lowest BCUT2D eigenvalue weighted by Crippen LogP contribution is -2.27. The Kier molecular flexibility index (Phi) is 3.55. The van der Waals surface area contributed by atoms with Gasteiger partial charge in [-0.3, -0.25) is 9.88 Å². The number of rotatable bonds is 5. The Hall–Kier alpha value is -1.75. The fourth-order valence-electron chi connectivity index (χ4n) is 2.10. The molecular weight excluding hydrogens is 260 g/mol. The molecule has 0 aliphatic carbocycles. The standard InChI is InChI=1S/C14H16N2O2S/c1-2-3-5-14-16(13-6-4-7-17-13)9-11(18-14)12-8-15-10-19-12/h4,6-10,14H,2-3,5H2,1H3. The molecule has 4 nitrogen and oxygen atoms in total. The maximum absolute atomic E-state index is 6.04. The van der Waals surface area contributed by atoms with E-state index in [4.69, 9.17) is 9.15 Å². The fourth-order valence-corrected chi connectivity index (χ4v) is 2.68. The van der Waals surface area contributed by atoms with Crippen LogP contribution in [-0.2, 0) is 4.74 Å². The van der Waals surface area contributed by atoms with E-state index in [0.29, 0.717) is 0 Å². The summed E-state index contributed by atoms with van der Waals surface area (Å²) >= 11 is 1.58. The number of furan rings is 1. The van der Waals surface area contributed by atoms with Crippen LogP contribution in [0.2, 0.25) is 0 Å². The third kappa shape index (κ3) is 2.51. The Morgan fingerprint density at radius 2 is 2.42 bits per heavy atom. The van der Waals surface area contributed by atoms with Crippen LogP contribution >= 0.6 is 11.3 Å². The topological polar surface area (TPSA) is 38.5 Å². The highest BCUT2D eigenvalue weighted by Gasteiger charge is 2.29. The summed E-state index contributed by atoms with van der Waals surface area (Å²) in [4.78, 5) is 7.21. The van der Waals surface area contributed by atoms with Crippen molar-refractivity contribution >= 4 is 23.0 Å². The Balaban J connectivity index is 1.83. The van der Waals surface area contributed by atoms with Crippen molar-refractivity contribution in [3.8, 4) is 0 Å². The Labute approximate surface area is 116 Å². The molecule has 1 unspecified atom stereocenters. The molecule has 100 valence electrons. The molecule has 0 aromatic carbocycles. The van der Waals surface area contributed by atoms with Crippen LogP contribution in [0.25, 0.3) is 5.76 Å². The molecule has 19 heavy (non-hydrogen) atoms. The Bertz CT molecular complexity index is 534. The predicted octanol–water partition coefficient (Wildman–Crippen LogP) is 4.09. The minimum Gasteiger partial charge on any atom is -0.467 e. The molecule has 0 N–H and O–H groups in total. The summed E-state index contributed by atoms with van der Waals surface area (Å²) in [6.45, 7) is 2.18. The summed E-state index contributed by atoms with van der Waals surface area (Å²) < 4.78 is 11.5. The molecule has 1 aliphatic heterocycles. The second-order valence-corrected chi connectivity index (χ2v) is 5.32. The van der Waals surface area contributed by atoms with E-state index in [9.17, 15) is 0 Å². The van der Waals surface area contributed by atoms with Gasteiger partial charge in [0.25, 0.3) is 0 Å². The molecule has 0 spiro atoms. The largest absolute Gasteiger partial charge is 0.467 e. The van der Waals surface area contributed by atoms with Gasteiger partial charge < -0.3 is 9.15 Å². The molecule has 3 heterocycles. The van der Waals surface area contributed by atoms with Gasteiger partial charge >= 0.3 is 0 Å². The first-order chi connectivity index (χ1) is 9.38. The van der Waals surface area contributed by atoms with Gasteiger partial charge in [-0.1, -0.05) is 13.3 Å². The van der Waals surface area contributed by atoms with Crippen LogP contribution < -0.4 is 4.90 Å². The first-order valence-electron chi connectivity index (χ1n) is 6.47. The van der Waals surface area contributed by atoms with Gasteiger partial charge in [0.1, 0.15) is 0 Å². The molecule has 2 aromatic heterocycles. The van der Waals surface area contributed by atoms with Gasteiger partial charge in [0.2, 0.25) is 5.88 Å². The molecule has 0 saturated heterocycles. The monoisotopic (exact) mass is 276 g/mol. The van der Waals surface area contributed by atoms with Crippen molar-refractivity contribution in [2.75, 3.05) is 4.90 Å². The third-order valence-corrected chi connectivity index (χ3v) is 3.86. The number of anilines is 1. The summed E-state index contributed by atoms with van der Waals surface area (Å²) in [5.74, 6) is 1.70. The van der Waals surface area contributed by atoms with Crippen molar-refractivity contribution < 1.29 is 9.15 Å². The normalized spacial score (nSPS) is 18.5. The van der Waals surface area contributed by atoms with Gasteiger partial charge in [-0.25, -0.2) is 0 Å². The molecule has 3 rings (SSSR count). The average molecular weight is 276 g/mol. The molecule has 2 aromatic rings. The minimum atomic E-state index is 0.0169. The van der Waals surface area contributed by atoms with Crippen LogP contribution in [0.4, 0.5) is 5.88 Å². The summed E-state index contributed by atoms with van der Waals surface area (Å²) in [5, 5.41) is 0. The highest BCUT2D eigenvalue weighted by Crippen LogP contribution is 2.34. The van der Waals surface area contributed by atoms with E-state index < -0.39 is 0 Å². The van der Waals surface area contributed by atoms with E-state index >= 15 is 0 Å². The van der Waals surface area contributed by atoms with E-state index in [2.05, 4.69) is 16.8 Å². The zero-order chi connectivity index (χ0) is 13.1. The lowest BCUT2D eigenvalue weighted by Gasteiger charge is -2.21. The number of hydrogen-bond donors (Lipinski definition) is 0. The van der Waals surface area contributed by atoms with Gasteiger partial charge in [-0.2, -0.15) is 0 Å². The second kappa shape index (κ2) is 5.48. The first kappa shape index (κ1) is 12.3. The van der Waals surface area contributed by atoms with Crippen LogP contribution in [0.15, 0.2) is 40.7 Å². The SMILES string of the molecule is CCCCC1OC(c2cncs2)=CN1c1ccco1. The smallest absolute Gasteiger partial charge is 0.202 e. The molecule has 0 amide bonds. The van der Waals surface area contributed by atoms with Crippen molar-refractivity contribution in [3.05, 3.63) is 41.2 Å². The van der Waals surface area contributed by atoms with Crippen LogP contribution in [-0.4, -0.2) is 11.2 Å². The van der Waals surface area contributed by atoms with Gasteiger partial charge in [0.15, 0.2) is 12.0 Å². The van der Waals surface area contributed by atoms with Crippen molar-refractivity contribution in [1.29, 1.82) is 0 Å². The average Bonchev–Trinajstić information content (AvgIpc) is 3.14. The number of ether oxygens (including phenoxy) is 1. The zero-order valence-corrected chi connectivity index (χ0v) is 11.6. The van der Waals surface area contributed by atoms with Crippen molar-refractivity contribution in [2.45, 2.75) is 32.4 Å². The molecule has 0 bridgehead atoms. The minimum absolute atomic E-state index is 0.0169. The first-order valence-corrected chi connectivity index (χ1v) is 7.35. The zero-order valence-electron chi connectivity index (χ0n) is 10.8. The lowest BCUT2D eigenvalue weighted by atomic mass is 10.2. The van der Waals surface area contributed by atoms with E-state index in [-0.39, 0.29) is 6.23 Å². The van der Waals surface area contributed by atoms with E-state index in [1.54, 1.807) is 17.6 Å². The summed E-state index contributed by atoms with van der Waals surface area (Å²) in [6.07, 6.45) is 8.81. The maximum atomic E-state index is 6.04. The van der Waals surface area contributed by atoms with Gasteiger partial charge in [-0.15, -0.1) is 11.3 Å². The van der Waals surface area contributed by atoms with Gasteiger partial charge in [0.05, 0.1) is 22.9 Å². The predicted molar refractivity (Wildman–Crippen MR) is 75.7 cm³/mol. The Morgan fingerprint density at radius 1 is 1.47 bits per heavy atom. The Morgan fingerprint density at radius 3 is 3.11 bits per heavy atom. The number of unbranched alkanes of at least 4 members (excludes halogenated alkanes) is 1. The van der Waals surface area contributed by atoms with Crippen LogP contribution in [0.5, 0.6) is 0 Å². The van der Waals surface area contributed by atoms with E-state index in [0.717, 1.165) is 35.8 Å². The molecule has 0 saturated carbocycles. The number of nitrogens with zero attached hydrogens (tertiary/aromatic N) is 2. The van der Waals surface area contributed by atoms with Crippen molar-refractivity contribution in [3.63, 3.8) is 0 Å². The lowest BCUT2D eigenvalue weighted by molar-refractivity contribution is 0.175. The van der Waals surface area contributed by atoms with Crippen LogP contribution in [0.1, 0.15) is 31.1 Å². The van der Waals surface area contributed by atoms with Crippen molar-refractivity contribution in [1.82, 2.24) is 4.98 Å². The number of aromatic nitrogens is 1. The number of thiazole rings is 1.